The Morgan fingerprint density at radius 1 is 1.48 bits per heavy atom. The highest BCUT2D eigenvalue weighted by molar-refractivity contribution is 6.33. The average molecular weight is 313 g/mol. The van der Waals surface area contributed by atoms with Gasteiger partial charge in [0.2, 0.25) is 0 Å². The summed E-state index contributed by atoms with van der Waals surface area (Å²) in [5, 5.41) is 14.3. The summed E-state index contributed by atoms with van der Waals surface area (Å²) in [6.07, 6.45) is 1.90. The van der Waals surface area contributed by atoms with Crippen LogP contribution in [0.4, 0.5) is 10.5 Å². The minimum Gasteiger partial charge on any atom is -0.478 e. The molecule has 114 valence electrons. The highest BCUT2D eigenvalue weighted by atomic mass is 35.5. The fourth-order valence-corrected chi connectivity index (χ4v) is 2.45. The summed E-state index contributed by atoms with van der Waals surface area (Å²) in [6.45, 7) is 3.09. The zero-order chi connectivity index (χ0) is 15.5. The monoisotopic (exact) mass is 312 g/mol. The van der Waals surface area contributed by atoms with Gasteiger partial charge in [-0.15, -0.1) is 0 Å². The molecule has 1 fully saturated rings. The summed E-state index contributed by atoms with van der Waals surface area (Å²) in [6, 6.07) is 3.86. The summed E-state index contributed by atoms with van der Waals surface area (Å²) >= 11 is 5.84. The van der Waals surface area contributed by atoms with Crippen molar-refractivity contribution in [2.24, 2.45) is 0 Å². The summed E-state index contributed by atoms with van der Waals surface area (Å²) in [5.74, 6) is -1.11. The van der Waals surface area contributed by atoms with E-state index in [1.165, 1.54) is 18.2 Å². The SMILES string of the molecule is CC1(CNC(=O)Nc2ccc(C(=O)O)c(Cl)c2)CCCO1. The molecule has 0 saturated carbocycles. The van der Waals surface area contributed by atoms with Crippen molar-refractivity contribution < 1.29 is 19.4 Å². The quantitative estimate of drug-likeness (QED) is 0.797. The van der Waals surface area contributed by atoms with Crippen LogP contribution in [0.5, 0.6) is 0 Å². The van der Waals surface area contributed by atoms with Gasteiger partial charge in [-0.05, 0) is 38.0 Å². The molecular formula is C14H17ClN2O4. The molecule has 1 aliphatic rings. The number of halogens is 1. The van der Waals surface area contributed by atoms with E-state index in [4.69, 9.17) is 21.4 Å². The molecule has 1 saturated heterocycles. The molecule has 0 aliphatic carbocycles. The van der Waals surface area contributed by atoms with Crippen LogP contribution in [0.15, 0.2) is 18.2 Å². The number of carbonyl (C=O) groups is 2. The lowest BCUT2D eigenvalue weighted by Gasteiger charge is -2.23. The first kappa shape index (κ1) is 15.6. The van der Waals surface area contributed by atoms with E-state index < -0.39 is 5.97 Å². The number of hydrogen-bond acceptors (Lipinski definition) is 3. The van der Waals surface area contributed by atoms with E-state index in [9.17, 15) is 9.59 Å². The molecule has 1 aromatic rings. The molecule has 21 heavy (non-hydrogen) atoms. The van der Waals surface area contributed by atoms with Crippen molar-refractivity contribution in [3.05, 3.63) is 28.8 Å². The highest BCUT2D eigenvalue weighted by Crippen LogP contribution is 2.24. The lowest BCUT2D eigenvalue weighted by atomic mass is 10.0. The minimum atomic E-state index is -1.11. The molecule has 1 unspecified atom stereocenters. The standard InChI is InChI=1S/C14H17ClN2O4/c1-14(5-2-6-21-14)8-16-13(20)17-9-3-4-10(12(18)19)11(15)7-9/h3-4,7H,2,5-6,8H2,1H3,(H,18,19)(H2,16,17,20). The van der Waals surface area contributed by atoms with Crippen LogP contribution in [0.3, 0.4) is 0 Å². The second-order valence-corrected chi connectivity index (χ2v) is 5.62. The maximum atomic E-state index is 11.8. The predicted molar refractivity (Wildman–Crippen MR) is 79.0 cm³/mol. The van der Waals surface area contributed by atoms with E-state index in [2.05, 4.69) is 10.6 Å². The number of aromatic carboxylic acids is 1. The first-order chi connectivity index (χ1) is 9.89. The highest BCUT2D eigenvalue weighted by Gasteiger charge is 2.29. The third-order valence-corrected chi connectivity index (χ3v) is 3.69. The topological polar surface area (TPSA) is 87.7 Å². The molecule has 1 atom stereocenters. The second-order valence-electron chi connectivity index (χ2n) is 5.21. The smallest absolute Gasteiger partial charge is 0.337 e. The summed E-state index contributed by atoms with van der Waals surface area (Å²) in [4.78, 5) is 22.6. The number of carboxylic acid groups (broad SMARTS) is 1. The van der Waals surface area contributed by atoms with Crippen molar-refractivity contribution in [2.75, 3.05) is 18.5 Å². The number of rotatable bonds is 4. The number of urea groups is 1. The number of amides is 2. The van der Waals surface area contributed by atoms with Crippen LogP contribution in [0.25, 0.3) is 0 Å². The van der Waals surface area contributed by atoms with Crippen molar-refractivity contribution in [3.63, 3.8) is 0 Å². The Bertz CT molecular complexity index is 556. The number of anilines is 1. The molecular weight excluding hydrogens is 296 g/mol. The summed E-state index contributed by atoms with van der Waals surface area (Å²) < 4.78 is 5.57. The fourth-order valence-electron chi connectivity index (χ4n) is 2.19. The van der Waals surface area contributed by atoms with E-state index in [1.807, 2.05) is 6.92 Å². The molecule has 0 bridgehead atoms. The van der Waals surface area contributed by atoms with E-state index >= 15 is 0 Å². The van der Waals surface area contributed by atoms with Gasteiger partial charge in [-0.25, -0.2) is 9.59 Å². The van der Waals surface area contributed by atoms with Crippen LogP contribution in [0.2, 0.25) is 5.02 Å². The van der Waals surface area contributed by atoms with Gasteiger partial charge in [-0.2, -0.15) is 0 Å². The normalized spacial score (nSPS) is 21.0. The van der Waals surface area contributed by atoms with Gasteiger partial charge < -0.3 is 20.5 Å². The fraction of sp³-hybridized carbons (Fsp3) is 0.429. The van der Waals surface area contributed by atoms with Crippen molar-refractivity contribution in [1.82, 2.24) is 5.32 Å². The first-order valence-electron chi connectivity index (χ1n) is 6.61. The zero-order valence-electron chi connectivity index (χ0n) is 11.6. The number of carboxylic acids is 1. The summed E-state index contributed by atoms with van der Waals surface area (Å²) in [7, 11) is 0. The molecule has 0 aromatic heterocycles. The van der Waals surface area contributed by atoms with Gasteiger partial charge in [-0.1, -0.05) is 11.6 Å². The van der Waals surface area contributed by atoms with E-state index in [0.29, 0.717) is 18.8 Å². The Hall–Kier alpha value is -1.79. The predicted octanol–water partition coefficient (Wildman–Crippen LogP) is 2.73. The van der Waals surface area contributed by atoms with Crippen molar-refractivity contribution in [2.45, 2.75) is 25.4 Å². The van der Waals surface area contributed by atoms with Crippen molar-refractivity contribution in [3.8, 4) is 0 Å². The summed E-state index contributed by atoms with van der Waals surface area (Å²) in [5.41, 5.74) is 0.108. The lowest BCUT2D eigenvalue weighted by molar-refractivity contribution is 0.0232. The largest absolute Gasteiger partial charge is 0.478 e. The maximum Gasteiger partial charge on any atom is 0.337 e. The minimum absolute atomic E-state index is 0.00510. The van der Waals surface area contributed by atoms with Gasteiger partial charge in [0.15, 0.2) is 0 Å². The molecule has 1 aliphatic heterocycles. The van der Waals surface area contributed by atoms with Gasteiger partial charge in [0.1, 0.15) is 0 Å². The van der Waals surface area contributed by atoms with E-state index in [0.717, 1.165) is 12.8 Å². The van der Waals surface area contributed by atoms with Crippen LogP contribution in [-0.4, -0.2) is 35.9 Å². The molecule has 2 amide bonds. The van der Waals surface area contributed by atoms with Gasteiger partial charge >= 0.3 is 12.0 Å². The number of nitrogens with one attached hydrogen (secondary N) is 2. The Kier molecular flexibility index (Phi) is 4.69. The average Bonchev–Trinajstić information content (AvgIpc) is 2.84. The Balaban J connectivity index is 1.90. The molecule has 6 nitrogen and oxygen atoms in total. The van der Waals surface area contributed by atoms with Crippen LogP contribution in [0.1, 0.15) is 30.1 Å². The second kappa shape index (κ2) is 6.32. The maximum absolute atomic E-state index is 11.8. The molecule has 7 heteroatoms. The Morgan fingerprint density at radius 3 is 2.81 bits per heavy atom. The Labute approximate surface area is 127 Å². The first-order valence-corrected chi connectivity index (χ1v) is 6.99. The molecule has 3 N–H and O–H groups in total. The van der Waals surface area contributed by atoms with Gasteiger partial charge in [0.05, 0.1) is 16.2 Å². The van der Waals surface area contributed by atoms with Crippen LogP contribution in [-0.2, 0) is 4.74 Å². The third kappa shape index (κ3) is 4.09. The van der Waals surface area contributed by atoms with Crippen LogP contribution >= 0.6 is 11.6 Å². The van der Waals surface area contributed by atoms with Gasteiger partial charge in [0.25, 0.3) is 0 Å². The van der Waals surface area contributed by atoms with Crippen LogP contribution in [0, 0.1) is 0 Å². The van der Waals surface area contributed by atoms with Crippen molar-refractivity contribution >= 4 is 29.3 Å². The lowest BCUT2D eigenvalue weighted by Crippen LogP contribution is -2.41. The van der Waals surface area contributed by atoms with Crippen LogP contribution < -0.4 is 10.6 Å². The molecule has 0 spiro atoms. The third-order valence-electron chi connectivity index (χ3n) is 3.38. The molecule has 2 rings (SSSR count). The number of hydrogen-bond donors (Lipinski definition) is 3. The molecule has 0 radical (unpaired) electrons. The van der Waals surface area contributed by atoms with Crippen molar-refractivity contribution in [1.29, 1.82) is 0 Å². The van der Waals surface area contributed by atoms with Gasteiger partial charge in [-0.3, -0.25) is 0 Å². The molecule has 1 aromatic carbocycles. The number of ether oxygens (including phenoxy) is 1. The molecule has 1 heterocycles. The number of benzene rings is 1. The zero-order valence-corrected chi connectivity index (χ0v) is 12.4. The van der Waals surface area contributed by atoms with E-state index in [-0.39, 0.29) is 22.2 Å². The Morgan fingerprint density at radius 2 is 2.24 bits per heavy atom. The van der Waals surface area contributed by atoms with Gasteiger partial charge in [0, 0.05) is 18.8 Å². The van der Waals surface area contributed by atoms with E-state index in [1.54, 1.807) is 0 Å². The number of carbonyl (C=O) groups excluding carboxylic acids is 1.